The minimum atomic E-state index is -2.47. The first-order chi connectivity index (χ1) is 9.27. The van der Waals surface area contributed by atoms with Gasteiger partial charge in [0.15, 0.2) is 2.14 Å². The standard InChI is InChI=1S/C13H18Br3O2PS/c1-3-4-9-17-19(20,18-10-13(14,15)16)12-7-5-11(2)6-8-12/h5-8H,3-4,9-10H2,1-2H3. The molecule has 0 amide bonds. The lowest BCUT2D eigenvalue weighted by Crippen LogP contribution is -2.16. The third-order valence-electron chi connectivity index (χ3n) is 2.51. The second-order valence-electron chi connectivity index (χ2n) is 4.41. The number of benzene rings is 1. The van der Waals surface area contributed by atoms with Crippen molar-refractivity contribution in [3.63, 3.8) is 0 Å². The fraction of sp³-hybridized carbons (Fsp3) is 0.538. The lowest BCUT2D eigenvalue weighted by atomic mass is 10.2. The van der Waals surface area contributed by atoms with Gasteiger partial charge in [-0.05, 0) is 37.3 Å². The summed E-state index contributed by atoms with van der Waals surface area (Å²) in [5.74, 6) is 0. The fourth-order valence-electron chi connectivity index (χ4n) is 1.40. The first-order valence-corrected chi connectivity index (χ1v) is 11.3. The molecule has 114 valence electrons. The molecule has 0 aliphatic carbocycles. The summed E-state index contributed by atoms with van der Waals surface area (Å²) in [6.07, 6.45) is 2.05. The van der Waals surface area contributed by atoms with Crippen molar-refractivity contribution in [3.8, 4) is 0 Å². The minimum absolute atomic E-state index is 0.365. The summed E-state index contributed by atoms with van der Waals surface area (Å²) in [5.41, 5.74) is 1.19. The summed E-state index contributed by atoms with van der Waals surface area (Å²) in [7, 11) is 0. The molecule has 0 aliphatic rings. The molecule has 20 heavy (non-hydrogen) atoms. The zero-order valence-electron chi connectivity index (χ0n) is 11.4. The number of rotatable bonds is 7. The van der Waals surface area contributed by atoms with Gasteiger partial charge in [-0.1, -0.05) is 78.8 Å². The summed E-state index contributed by atoms with van der Waals surface area (Å²) in [4.78, 5) is 0. The van der Waals surface area contributed by atoms with Gasteiger partial charge in [-0.2, -0.15) is 0 Å². The van der Waals surface area contributed by atoms with E-state index in [9.17, 15) is 0 Å². The summed E-state index contributed by atoms with van der Waals surface area (Å²) in [6, 6.07) is 8.07. The predicted octanol–water partition coefficient (Wildman–Crippen LogP) is 5.60. The zero-order chi connectivity index (χ0) is 15.2. The molecule has 1 aromatic carbocycles. The topological polar surface area (TPSA) is 18.5 Å². The third kappa shape index (κ3) is 6.99. The molecule has 0 radical (unpaired) electrons. The van der Waals surface area contributed by atoms with E-state index < -0.39 is 8.63 Å². The van der Waals surface area contributed by atoms with Crippen molar-refractivity contribution in [1.82, 2.24) is 0 Å². The molecule has 1 aromatic rings. The van der Waals surface area contributed by atoms with Crippen LogP contribution in [-0.4, -0.2) is 15.4 Å². The Morgan fingerprint density at radius 3 is 2.25 bits per heavy atom. The van der Waals surface area contributed by atoms with Crippen LogP contribution in [0.25, 0.3) is 0 Å². The van der Waals surface area contributed by atoms with E-state index >= 15 is 0 Å². The Morgan fingerprint density at radius 2 is 1.75 bits per heavy atom. The van der Waals surface area contributed by atoms with Crippen LogP contribution in [0.3, 0.4) is 0 Å². The van der Waals surface area contributed by atoms with Crippen LogP contribution < -0.4 is 5.30 Å². The molecule has 0 fully saturated rings. The number of unbranched alkanes of at least 4 members (excludes halogenated alkanes) is 1. The second kappa shape index (κ2) is 8.76. The average Bonchev–Trinajstić information content (AvgIpc) is 2.37. The highest BCUT2D eigenvalue weighted by Gasteiger charge is 2.27. The van der Waals surface area contributed by atoms with Gasteiger partial charge in [0.2, 0.25) is 6.49 Å². The van der Waals surface area contributed by atoms with E-state index in [0.717, 1.165) is 18.1 Å². The maximum atomic E-state index is 5.93. The number of hydrogen-bond acceptors (Lipinski definition) is 3. The molecule has 2 nitrogen and oxygen atoms in total. The van der Waals surface area contributed by atoms with Gasteiger partial charge < -0.3 is 9.05 Å². The van der Waals surface area contributed by atoms with Gasteiger partial charge in [0.25, 0.3) is 0 Å². The molecule has 1 atom stereocenters. The van der Waals surface area contributed by atoms with Crippen molar-refractivity contribution in [2.75, 3.05) is 13.2 Å². The molecule has 0 saturated heterocycles. The summed E-state index contributed by atoms with van der Waals surface area (Å²) >= 11 is 16.0. The number of hydrogen-bond donors (Lipinski definition) is 0. The average molecular weight is 509 g/mol. The van der Waals surface area contributed by atoms with Gasteiger partial charge in [-0.3, -0.25) is 0 Å². The Kier molecular flexibility index (Phi) is 8.44. The van der Waals surface area contributed by atoms with Gasteiger partial charge in [0, 0.05) is 5.30 Å². The molecular formula is C13H18Br3O2PS. The number of halogens is 3. The van der Waals surface area contributed by atoms with Crippen LogP contribution in [0.15, 0.2) is 24.3 Å². The summed E-state index contributed by atoms with van der Waals surface area (Å²) in [5, 5.41) is 0.950. The Bertz CT molecular complexity index is 460. The van der Waals surface area contributed by atoms with Crippen molar-refractivity contribution < 1.29 is 9.05 Å². The molecule has 0 saturated carbocycles. The molecule has 0 aromatic heterocycles. The van der Waals surface area contributed by atoms with Gasteiger partial charge in [0.05, 0.1) is 13.2 Å². The number of aryl methyl sites for hydroxylation is 1. The first kappa shape index (κ1) is 19.3. The van der Waals surface area contributed by atoms with Crippen LogP contribution in [-0.2, 0) is 20.9 Å². The van der Waals surface area contributed by atoms with Gasteiger partial charge in [0.1, 0.15) is 0 Å². The molecule has 1 unspecified atom stereocenters. The maximum Gasteiger partial charge on any atom is 0.219 e. The van der Waals surface area contributed by atoms with Crippen molar-refractivity contribution in [2.24, 2.45) is 0 Å². The van der Waals surface area contributed by atoms with Crippen molar-refractivity contribution in [3.05, 3.63) is 29.8 Å². The highest BCUT2D eigenvalue weighted by atomic mass is 80.0. The zero-order valence-corrected chi connectivity index (χ0v) is 17.9. The van der Waals surface area contributed by atoms with Crippen LogP contribution >= 0.6 is 54.3 Å². The first-order valence-electron chi connectivity index (χ1n) is 6.30. The van der Waals surface area contributed by atoms with Crippen molar-refractivity contribution >= 4 is 71.4 Å². The Labute approximate surface area is 151 Å². The number of alkyl halides is 3. The van der Waals surface area contributed by atoms with E-state index in [2.05, 4.69) is 54.7 Å². The van der Waals surface area contributed by atoms with E-state index in [-0.39, 0.29) is 0 Å². The molecular weight excluding hydrogens is 491 g/mol. The van der Waals surface area contributed by atoms with Gasteiger partial charge >= 0.3 is 0 Å². The lowest BCUT2D eigenvalue weighted by molar-refractivity contribution is 0.258. The molecule has 7 heteroatoms. The monoisotopic (exact) mass is 506 g/mol. The van der Waals surface area contributed by atoms with E-state index in [4.69, 9.17) is 20.9 Å². The van der Waals surface area contributed by atoms with Crippen LogP contribution in [0.5, 0.6) is 0 Å². The SMILES string of the molecule is CCCCOP(=S)(OCC(Br)(Br)Br)c1ccc(C)cc1. The molecule has 0 spiro atoms. The van der Waals surface area contributed by atoms with E-state index in [0.29, 0.717) is 13.2 Å². The second-order valence-corrected chi connectivity index (χ2v) is 15.1. The van der Waals surface area contributed by atoms with Crippen LogP contribution in [0.1, 0.15) is 25.3 Å². The molecule has 0 heterocycles. The maximum absolute atomic E-state index is 5.93. The van der Waals surface area contributed by atoms with Crippen LogP contribution in [0.4, 0.5) is 0 Å². The fourth-order valence-corrected chi connectivity index (χ4v) is 4.64. The molecule has 1 rings (SSSR count). The highest BCUT2D eigenvalue weighted by molar-refractivity contribution is 9.39. The summed E-state index contributed by atoms with van der Waals surface area (Å²) in [6.45, 7) is 2.69. The van der Waals surface area contributed by atoms with Crippen LogP contribution in [0, 0.1) is 6.92 Å². The Hall–Kier alpha value is 1.23. The molecule has 0 bridgehead atoms. The summed E-state index contributed by atoms with van der Waals surface area (Å²) < 4.78 is 11.4. The Balaban J connectivity index is 2.88. The van der Waals surface area contributed by atoms with E-state index in [1.54, 1.807) is 0 Å². The predicted molar refractivity (Wildman–Crippen MR) is 101 cm³/mol. The minimum Gasteiger partial charge on any atom is -0.326 e. The van der Waals surface area contributed by atoms with Crippen molar-refractivity contribution in [1.29, 1.82) is 0 Å². The smallest absolute Gasteiger partial charge is 0.219 e. The molecule has 0 N–H and O–H groups in total. The molecule has 0 aliphatic heterocycles. The van der Waals surface area contributed by atoms with E-state index in [1.807, 2.05) is 31.2 Å². The normalized spacial score (nSPS) is 15.1. The largest absolute Gasteiger partial charge is 0.326 e. The van der Waals surface area contributed by atoms with Gasteiger partial charge in [-0.15, -0.1) is 0 Å². The van der Waals surface area contributed by atoms with E-state index in [1.165, 1.54) is 5.56 Å². The highest BCUT2D eigenvalue weighted by Crippen LogP contribution is 2.50. The quantitative estimate of drug-likeness (QED) is 0.271. The lowest BCUT2D eigenvalue weighted by Gasteiger charge is -2.25. The Morgan fingerprint density at radius 1 is 1.15 bits per heavy atom. The van der Waals surface area contributed by atoms with Gasteiger partial charge in [-0.25, -0.2) is 0 Å². The third-order valence-corrected chi connectivity index (χ3v) is 6.38. The van der Waals surface area contributed by atoms with Crippen molar-refractivity contribution in [2.45, 2.75) is 28.8 Å². The van der Waals surface area contributed by atoms with Crippen LogP contribution in [0.2, 0.25) is 0 Å².